The number of ketones is 1. The van der Waals surface area contributed by atoms with Crippen LogP contribution in [0.25, 0.3) is 0 Å². The van der Waals surface area contributed by atoms with Gasteiger partial charge in [0.2, 0.25) is 0 Å². The number of rotatable bonds is 9. The zero-order valence-corrected chi connectivity index (χ0v) is 31.3. The van der Waals surface area contributed by atoms with Crippen molar-refractivity contribution in [3.8, 4) is 0 Å². The second-order valence-electron chi connectivity index (χ2n) is 18.3. The van der Waals surface area contributed by atoms with Crippen molar-refractivity contribution >= 4 is 11.8 Å². The Kier molecular flexibility index (Phi) is 10.4. The molecule has 12 heteroatoms. The number of carbonyl (C=O) groups is 2. The maximum absolute atomic E-state index is 13.8. The van der Waals surface area contributed by atoms with Gasteiger partial charge in [0.25, 0.3) is 0 Å². The summed E-state index contributed by atoms with van der Waals surface area (Å²) in [5, 5.41) is 75.4. The van der Waals surface area contributed by atoms with Crippen molar-refractivity contribution in [3.05, 3.63) is 11.6 Å². The summed E-state index contributed by atoms with van der Waals surface area (Å²) in [5.41, 5.74) is -3.94. The summed E-state index contributed by atoms with van der Waals surface area (Å²) in [6.45, 7) is 16.1. The molecule has 3 saturated carbocycles. The maximum Gasteiger partial charge on any atom is 0.302 e. The third-order valence-electron chi connectivity index (χ3n) is 14.4. The predicted octanol–water partition coefficient (Wildman–Crippen LogP) is 2.16. The molecule has 0 amide bonds. The van der Waals surface area contributed by atoms with Gasteiger partial charge in [-0.15, -0.1) is 0 Å². The number of aliphatic hydroxyl groups is 7. The fourth-order valence-corrected chi connectivity index (χ4v) is 11.4. The van der Waals surface area contributed by atoms with Crippen LogP contribution in [0.3, 0.4) is 0 Å². The minimum absolute atomic E-state index is 0.0187. The average Bonchev–Trinajstić information content (AvgIpc) is 3.24. The molecule has 286 valence electrons. The van der Waals surface area contributed by atoms with Crippen molar-refractivity contribution in [2.24, 2.45) is 39.4 Å². The predicted molar refractivity (Wildman–Crippen MR) is 181 cm³/mol. The van der Waals surface area contributed by atoms with E-state index in [4.69, 9.17) is 14.2 Å². The Hall–Kier alpha value is -1.48. The number of hydrogen-bond donors (Lipinski definition) is 7. The topological polar surface area (TPSA) is 203 Å². The van der Waals surface area contributed by atoms with Crippen molar-refractivity contribution in [3.63, 3.8) is 0 Å². The number of ether oxygens (including phenoxy) is 3. The largest absolute Gasteiger partial charge is 0.462 e. The molecule has 50 heavy (non-hydrogen) atoms. The van der Waals surface area contributed by atoms with Gasteiger partial charge in [0.15, 0.2) is 12.1 Å². The van der Waals surface area contributed by atoms with Crippen LogP contribution in [0.1, 0.15) is 107 Å². The summed E-state index contributed by atoms with van der Waals surface area (Å²) >= 11 is 0. The van der Waals surface area contributed by atoms with Gasteiger partial charge in [-0.1, -0.05) is 46.3 Å². The van der Waals surface area contributed by atoms with E-state index in [0.717, 1.165) is 12.0 Å². The van der Waals surface area contributed by atoms with Crippen molar-refractivity contribution in [1.82, 2.24) is 0 Å². The van der Waals surface area contributed by atoms with Crippen LogP contribution in [0.15, 0.2) is 11.6 Å². The van der Waals surface area contributed by atoms with Crippen LogP contribution in [0.2, 0.25) is 0 Å². The Balaban J connectivity index is 1.49. The smallest absolute Gasteiger partial charge is 0.302 e. The summed E-state index contributed by atoms with van der Waals surface area (Å²) in [6.07, 6.45) is -4.50. The minimum Gasteiger partial charge on any atom is -0.462 e. The number of hydrogen-bond acceptors (Lipinski definition) is 12. The number of esters is 1. The summed E-state index contributed by atoms with van der Waals surface area (Å²) in [4.78, 5) is 26.3. The van der Waals surface area contributed by atoms with E-state index >= 15 is 0 Å². The number of aliphatic hydroxyl groups excluding tert-OH is 5. The number of Topliss-reactive ketones (excluding diaryl/α,β-unsaturated/α-hetero) is 1. The molecule has 0 aromatic heterocycles. The highest BCUT2D eigenvalue weighted by atomic mass is 16.7. The lowest BCUT2D eigenvalue weighted by Gasteiger charge is -2.66. The monoisotopic (exact) mass is 710 g/mol. The Morgan fingerprint density at radius 2 is 1.58 bits per heavy atom. The normalized spacial score (nSPS) is 46.9. The molecule has 0 spiro atoms. The van der Waals surface area contributed by atoms with Crippen LogP contribution in [-0.2, 0) is 23.8 Å². The second kappa shape index (κ2) is 13.1. The van der Waals surface area contributed by atoms with Gasteiger partial charge >= 0.3 is 5.97 Å². The molecular weight excluding hydrogens is 648 g/mol. The van der Waals surface area contributed by atoms with Gasteiger partial charge < -0.3 is 50.0 Å². The molecule has 0 aromatic carbocycles. The summed E-state index contributed by atoms with van der Waals surface area (Å²) in [6, 6.07) is 0. The second-order valence-corrected chi connectivity index (χ2v) is 18.3. The standard InChI is InChI=1S/C38H62O12/c1-19(40)48-23-17-37(8)25-11-10-20-21(16-22(31(45)34(20,4)5)49-32-29(44)28(43)27(42)24(18-39)50-32)35(25,6)14-15-36(37,7)30(23)38(9,47)26(41)12-13-33(2,3)46/h10,21-25,27-32,39,42-47H,11-18H2,1-9H3/t21-,22-,23-,24+,25-,27+,28-,29+,30-,31+,32+,35+,36-,37-,38-/m1/s1. The van der Waals surface area contributed by atoms with Gasteiger partial charge in [-0.2, -0.15) is 0 Å². The zero-order valence-electron chi connectivity index (χ0n) is 31.3. The van der Waals surface area contributed by atoms with Crippen LogP contribution < -0.4 is 0 Å². The first kappa shape index (κ1) is 39.7. The molecule has 1 heterocycles. The van der Waals surface area contributed by atoms with Crippen molar-refractivity contribution < 1.29 is 59.5 Å². The highest BCUT2D eigenvalue weighted by Gasteiger charge is 2.73. The van der Waals surface area contributed by atoms with E-state index in [-0.39, 0.29) is 35.9 Å². The van der Waals surface area contributed by atoms with Gasteiger partial charge in [0, 0.05) is 24.7 Å². The molecule has 0 bridgehead atoms. The Morgan fingerprint density at radius 3 is 2.16 bits per heavy atom. The molecule has 1 saturated heterocycles. The molecule has 0 unspecified atom stereocenters. The Bertz CT molecular complexity index is 1340. The minimum atomic E-state index is -1.82. The van der Waals surface area contributed by atoms with E-state index in [1.54, 1.807) is 13.8 Å². The zero-order chi connectivity index (χ0) is 37.6. The highest BCUT2D eigenvalue weighted by Crippen LogP contribution is 2.75. The van der Waals surface area contributed by atoms with Gasteiger partial charge in [-0.25, -0.2) is 0 Å². The molecule has 15 atom stereocenters. The molecule has 5 rings (SSSR count). The first-order valence-electron chi connectivity index (χ1n) is 18.4. The number of fused-ring (bicyclic) bond motifs is 5. The van der Waals surface area contributed by atoms with Crippen LogP contribution >= 0.6 is 0 Å². The van der Waals surface area contributed by atoms with Crippen molar-refractivity contribution in [2.75, 3.05) is 6.61 Å². The van der Waals surface area contributed by atoms with Gasteiger partial charge in [0.05, 0.1) is 24.4 Å². The van der Waals surface area contributed by atoms with E-state index < -0.39 is 95.0 Å². The average molecular weight is 711 g/mol. The first-order valence-corrected chi connectivity index (χ1v) is 18.4. The molecule has 4 aliphatic carbocycles. The van der Waals surface area contributed by atoms with Gasteiger partial charge in [0.1, 0.15) is 36.1 Å². The molecule has 12 nitrogen and oxygen atoms in total. The molecule has 7 N–H and O–H groups in total. The molecule has 0 aromatic rings. The molecular formula is C38H62O12. The number of carbonyl (C=O) groups excluding carboxylic acids is 2. The van der Waals surface area contributed by atoms with E-state index in [9.17, 15) is 45.3 Å². The van der Waals surface area contributed by atoms with E-state index in [1.165, 1.54) is 13.8 Å². The van der Waals surface area contributed by atoms with Crippen molar-refractivity contribution in [1.29, 1.82) is 0 Å². The lowest BCUT2D eigenvalue weighted by Crippen LogP contribution is -2.64. The third kappa shape index (κ3) is 6.22. The van der Waals surface area contributed by atoms with Crippen LogP contribution in [0.5, 0.6) is 0 Å². The molecule has 4 fully saturated rings. The molecule has 0 radical (unpaired) electrons. The lowest BCUT2D eigenvalue weighted by molar-refractivity contribution is -0.324. The fourth-order valence-electron chi connectivity index (χ4n) is 11.4. The van der Waals surface area contributed by atoms with Gasteiger partial charge in [-0.3, -0.25) is 9.59 Å². The van der Waals surface area contributed by atoms with Crippen LogP contribution in [-0.4, -0.2) is 114 Å². The highest BCUT2D eigenvalue weighted by molar-refractivity contribution is 5.87. The van der Waals surface area contributed by atoms with Gasteiger partial charge in [-0.05, 0) is 87.4 Å². The Morgan fingerprint density at radius 1 is 0.940 bits per heavy atom. The number of allylic oxidation sites excluding steroid dienone is 1. The maximum atomic E-state index is 13.8. The van der Waals surface area contributed by atoms with E-state index in [2.05, 4.69) is 26.8 Å². The molecule has 5 aliphatic rings. The van der Waals surface area contributed by atoms with E-state index in [0.29, 0.717) is 25.7 Å². The van der Waals surface area contributed by atoms with Crippen LogP contribution in [0.4, 0.5) is 0 Å². The Labute approximate surface area is 296 Å². The SMILES string of the molecule is CC(=O)O[C@@H]1C[C@]2(C)[C@@H]3CC=C4[C@@H](C[C@@H](O[C@H]5O[C@@H](CO)[C@H](O)[C@@H](O)[C@@H]5O)[C@H](O)C4(C)C)[C@]3(C)CC[C@]2(C)[C@@H]1[C@](C)(O)C(=O)CCC(C)(C)O. The fraction of sp³-hybridized carbons (Fsp3) is 0.895. The third-order valence-corrected chi connectivity index (χ3v) is 14.4. The quantitative estimate of drug-likeness (QED) is 0.136. The van der Waals surface area contributed by atoms with E-state index in [1.807, 2.05) is 13.8 Å². The summed E-state index contributed by atoms with van der Waals surface area (Å²) in [7, 11) is 0. The van der Waals surface area contributed by atoms with Crippen molar-refractivity contribution in [2.45, 2.75) is 167 Å². The van der Waals surface area contributed by atoms with Crippen LogP contribution in [0, 0.1) is 39.4 Å². The summed E-state index contributed by atoms with van der Waals surface area (Å²) < 4.78 is 17.9. The molecule has 1 aliphatic heterocycles. The summed E-state index contributed by atoms with van der Waals surface area (Å²) in [5.74, 6) is -1.58. The lowest BCUT2D eigenvalue weighted by atomic mass is 9.38. The first-order chi connectivity index (χ1) is 22.9.